The predicted molar refractivity (Wildman–Crippen MR) is 153 cm³/mol. The first-order valence-corrected chi connectivity index (χ1v) is 14.1. The molecule has 0 spiro atoms. The minimum absolute atomic E-state index is 0.304. The molecule has 39 heavy (non-hydrogen) atoms. The molecule has 1 aliphatic heterocycles. The van der Waals surface area contributed by atoms with Crippen LogP contribution >= 0.6 is 11.8 Å². The van der Waals surface area contributed by atoms with Gasteiger partial charge >= 0.3 is 0 Å². The van der Waals surface area contributed by atoms with Crippen LogP contribution in [0, 0.1) is 0 Å². The molecule has 5 nitrogen and oxygen atoms in total. The van der Waals surface area contributed by atoms with Crippen LogP contribution in [-0.2, 0) is 38.8 Å². The van der Waals surface area contributed by atoms with E-state index in [0.29, 0.717) is 26.4 Å². The number of aliphatic hydroxyl groups is 1. The van der Waals surface area contributed by atoms with Gasteiger partial charge in [-0.15, -0.1) is 0 Å². The van der Waals surface area contributed by atoms with Gasteiger partial charge < -0.3 is 24.1 Å². The highest BCUT2D eigenvalue weighted by Crippen LogP contribution is 2.36. The Bertz CT molecular complexity index is 1230. The average Bonchev–Trinajstić information content (AvgIpc) is 2.99. The Morgan fingerprint density at radius 2 is 1.05 bits per heavy atom. The number of hydrogen-bond acceptors (Lipinski definition) is 6. The maximum absolute atomic E-state index is 11.6. The minimum atomic E-state index is -0.912. The van der Waals surface area contributed by atoms with Crippen molar-refractivity contribution in [2.24, 2.45) is 0 Å². The van der Waals surface area contributed by atoms with Gasteiger partial charge in [0.2, 0.25) is 0 Å². The van der Waals surface area contributed by atoms with E-state index in [-0.39, 0.29) is 0 Å². The van der Waals surface area contributed by atoms with Crippen LogP contribution in [0.5, 0.6) is 0 Å². The van der Waals surface area contributed by atoms with Crippen molar-refractivity contribution in [3.8, 4) is 0 Å². The lowest BCUT2D eigenvalue weighted by atomic mass is 9.99. The summed E-state index contributed by atoms with van der Waals surface area (Å²) in [5, 5.41) is 11.6. The normalized spacial score (nSPS) is 22.9. The number of benzene rings is 4. The van der Waals surface area contributed by atoms with E-state index >= 15 is 0 Å². The van der Waals surface area contributed by atoms with Gasteiger partial charge in [-0.3, -0.25) is 0 Å². The van der Waals surface area contributed by atoms with Gasteiger partial charge in [-0.05, 0) is 28.8 Å². The van der Waals surface area contributed by atoms with Gasteiger partial charge in [0.1, 0.15) is 29.9 Å². The summed E-state index contributed by atoms with van der Waals surface area (Å²) >= 11 is 1.48. The fourth-order valence-electron chi connectivity index (χ4n) is 4.55. The largest absolute Gasteiger partial charge is 0.387 e. The summed E-state index contributed by atoms with van der Waals surface area (Å²) in [5.74, 6) is 0. The number of hydrogen-bond donors (Lipinski definition) is 1. The van der Waals surface area contributed by atoms with Crippen LogP contribution in [0.3, 0.4) is 0 Å². The average molecular weight is 543 g/mol. The second-order valence-electron chi connectivity index (χ2n) is 9.49. The molecule has 4 aromatic rings. The van der Waals surface area contributed by atoms with E-state index in [1.165, 1.54) is 11.8 Å². The summed E-state index contributed by atoms with van der Waals surface area (Å²) in [4.78, 5) is 1.01. The summed E-state index contributed by atoms with van der Waals surface area (Å²) in [5.41, 5.74) is 2.61. The molecule has 0 amide bonds. The zero-order valence-corrected chi connectivity index (χ0v) is 22.6. The molecule has 1 fully saturated rings. The third-order valence-corrected chi connectivity index (χ3v) is 7.74. The molecule has 1 N–H and O–H groups in total. The Balaban J connectivity index is 1.37. The van der Waals surface area contributed by atoms with E-state index in [4.69, 9.17) is 18.9 Å². The number of aliphatic hydroxyl groups excluding tert-OH is 1. The fourth-order valence-corrected chi connectivity index (χ4v) is 5.63. The van der Waals surface area contributed by atoms with E-state index < -0.39 is 29.9 Å². The van der Waals surface area contributed by atoms with Crippen LogP contribution in [-0.4, -0.2) is 41.6 Å². The smallest absolute Gasteiger partial charge is 0.136 e. The zero-order chi connectivity index (χ0) is 26.7. The van der Waals surface area contributed by atoms with Crippen LogP contribution in [0.2, 0.25) is 0 Å². The van der Waals surface area contributed by atoms with E-state index in [9.17, 15) is 5.11 Å². The highest BCUT2D eigenvalue weighted by molar-refractivity contribution is 7.99. The second kappa shape index (κ2) is 14.4. The van der Waals surface area contributed by atoms with E-state index in [2.05, 4.69) is 0 Å². The molecule has 1 unspecified atom stereocenters. The molecule has 1 heterocycles. The Morgan fingerprint density at radius 1 is 0.590 bits per heavy atom. The molecular weight excluding hydrogens is 508 g/mol. The Hall–Kier alpha value is -2.97. The van der Waals surface area contributed by atoms with Crippen LogP contribution in [0.15, 0.2) is 126 Å². The molecule has 5 atom stereocenters. The Labute approximate surface area is 234 Å². The lowest BCUT2D eigenvalue weighted by Crippen LogP contribution is -2.59. The van der Waals surface area contributed by atoms with Crippen molar-refractivity contribution in [1.29, 1.82) is 0 Å². The third kappa shape index (κ3) is 8.02. The van der Waals surface area contributed by atoms with Gasteiger partial charge in [0.05, 0.1) is 26.4 Å². The third-order valence-electron chi connectivity index (χ3n) is 6.57. The molecule has 0 aliphatic carbocycles. The van der Waals surface area contributed by atoms with Crippen LogP contribution < -0.4 is 0 Å². The monoisotopic (exact) mass is 542 g/mol. The maximum Gasteiger partial charge on any atom is 0.136 e. The van der Waals surface area contributed by atoms with Gasteiger partial charge in [0.25, 0.3) is 0 Å². The van der Waals surface area contributed by atoms with Crippen LogP contribution in [0.25, 0.3) is 0 Å². The molecule has 1 aliphatic rings. The predicted octanol–water partition coefficient (Wildman–Crippen LogP) is 6.25. The molecule has 0 radical (unpaired) electrons. The quantitative estimate of drug-likeness (QED) is 0.228. The highest BCUT2D eigenvalue weighted by Gasteiger charge is 2.47. The summed E-state index contributed by atoms with van der Waals surface area (Å²) in [7, 11) is 0. The van der Waals surface area contributed by atoms with Gasteiger partial charge in [0, 0.05) is 4.90 Å². The van der Waals surface area contributed by atoms with E-state index in [1.54, 1.807) is 0 Å². The summed E-state index contributed by atoms with van der Waals surface area (Å²) in [6.45, 7) is 1.49. The molecule has 0 aromatic heterocycles. The first kappa shape index (κ1) is 27.6. The van der Waals surface area contributed by atoms with Crippen molar-refractivity contribution in [3.63, 3.8) is 0 Å². The number of thioether (sulfide) groups is 1. The lowest BCUT2D eigenvalue weighted by molar-refractivity contribution is -0.243. The molecule has 202 valence electrons. The lowest BCUT2D eigenvalue weighted by Gasteiger charge is -2.44. The van der Waals surface area contributed by atoms with Crippen LogP contribution in [0.1, 0.15) is 16.7 Å². The maximum atomic E-state index is 11.6. The standard InChI is InChI=1S/C33H34O5S/c34-30-32(37-23-27-17-9-3-10-18-27)31(36-22-26-15-7-2-8-16-26)29(24-35-21-25-13-5-1-6-14-25)38-33(30)39-28-19-11-4-12-20-28/h1-20,29-34H,21-24H2/t29-,30+,31-,32-,33?/m1/s1. The van der Waals surface area contributed by atoms with Crippen molar-refractivity contribution in [2.75, 3.05) is 6.61 Å². The van der Waals surface area contributed by atoms with E-state index in [0.717, 1.165) is 21.6 Å². The summed E-state index contributed by atoms with van der Waals surface area (Å²) in [6, 6.07) is 40.0. The molecule has 0 saturated carbocycles. The van der Waals surface area contributed by atoms with Gasteiger partial charge in [-0.2, -0.15) is 0 Å². The Morgan fingerprint density at radius 3 is 1.59 bits per heavy atom. The minimum Gasteiger partial charge on any atom is -0.387 e. The second-order valence-corrected chi connectivity index (χ2v) is 10.7. The summed E-state index contributed by atoms with van der Waals surface area (Å²) in [6.07, 6.45) is -2.51. The zero-order valence-electron chi connectivity index (χ0n) is 21.8. The van der Waals surface area contributed by atoms with Gasteiger partial charge in [0.15, 0.2) is 0 Å². The first-order chi connectivity index (χ1) is 19.3. The van der Waals surface area contributed by atoms with Crippen molar-refractivity contribution >= 4 is 11.8 Å². The van der Waals surface area contributed by atoms with Crippen molar-refractivity contribution in [1.82, 2.24) is 0 Å². The van der Waals surface area contributed by atoms with Crippen molar-refractivity contribution < 1.29 is 24.1 Å². The molecular formula is C33H34O5S. The summed E-state index contributed by atoms with van der Waals surface area (Å²) < 4.78 is 25.5. The molecule has 4 aromatic carbocycles. The van der Waals surface area contributed by atoms with Crippen molar-refractivity contribution in [3.05, 3.63) is 138 Å². The first-order valence-electron chi connectivity index (χ1n) is 13.2. The molecule has 1 saturated heterocycles. The van der Waals surface area contributed by atoms with Crippen molar-refractivity contribution in [2.45, 2.75) is 54.6 Å². The molecule has 5 rings (SSSR count). The number of rotatable bonds is 12. The molecule has 0 bridgehead atoms. The Kier molecular flexibility index (Phi) is 10.2. The topological polar surface area (TPSA) is 57.2 Å². The SMILES string of the molecule is O[C@@H]1C(Sc2ccccc2)O[C@H](COCc2ccccc2)[C@@H](OCc2ccccc2)[C@@H]1OCc1ccccc1. The van der Waals surface area contributed by atoms with Crippen LogP contribution in [0.4, 0.5) is 0 Å². The fraction of sp³-hybridized carbons (Fsp3) is 0.273. The number of ether oxygens (including phenoxy) is 4. The molecule has 6 heteroatoms. The van der Waals surface area contributed by atoms with Gasteiger partial charge in [-0.1, -0.05) is 121 Å². The van der Waals surface area contributed by atoms with E-state index in [1.807, 2.05) is 121 Å². The highest BCUT2D eigenvalue weighted by atomic mass is 32.2. The van der Waals surface area contributed by atoms with Gasteiger partial charge in [-0.25, -0.2) is 0 Å².